The lowest BCUT2D eigenvalue weighted by Crippen LogP contribution is -2.16. The SMILES string of the molecule is Cc1ccccc1CC(CCl)COCC1CC1. The first-order valence-corrected chi connectivity index (χ1v) is 7.01. The summed E-state index contributed by atoms with van der Waals surface area (Å²) in [4.78, 5) is 0. The molecule has 1 fully saturated rings. The number of hydrogen-bond acceptors (Lipinski definition) is 1. The maximum absolute atomic E-state index is 6.02. The molecule has 0 aromatic heterocycles. The average molecular weight is 253 g/mol. The smallest absolute Gasteiger partial charge is 0.0509 e. The van der Waals surface area contributed by atoms with Crippen LogP contribution in [-0.4, -0.2) is 19.1 Å². The van der Waals surface area contributed by atoms with Gasteiger partial charge in [-0.3, -0.25) is 0 Å². The lowest BCUT2D eigenvalue weighted by atomic mass is 9.98. The number of benzene rings is 1. The topological polar surface area (TPSA) is 9.23 Å². The Morgan fingerprint density at radius 3 is 2.76 bits per heavy atom. The maximum Gasteiger partial charge on any atom is 0.0509 e. The van der Waals surface area contributed by atoms with Crippen LogP contribution in [0.5, 0.6) is 0 Å². The first-order valence-electron chi connectivity index (χ1n) is 6.48. The molecule has 2 rings (SSSR count). The Kier molecular flexibility index (Phi) is 4.87. The van der Waals surface area contributed by atoms with Gasteiger partial charge >= 0.3 is 0 Å². The van der Waals surface area contributed by atoms with Gasteiger partial charge in [-0.1, -0.05) is 24.3 Å². The Labute approximate surface area is 109 Å². The summed E-state index contributed by atoms with van der Waals surface area (Å²) in [5.74, 6) is 1.96. The van der Waals surface area contributed by atoms with Crippen LogP contribution in [0.25, 0.3) is 0 Å². The van der Waals surface area contributed by atoms with Crippen LogP contribution < -0.4 is 0 Å². The van der Waals surface area contributed by atoms with Gasteiger partial charge in [-0.25, -0.2) is 0 Å². The molecule has 17 heavy (non-hydrogen) atoms. The van der Waals surface area contributed by atoms with Crippen molar-refractivity contribution in [1.82, 2.24) is 0 Å². The van der Waals surface area contributed by atoms with Gasteiger partial charge in [-0.2, -0.15) is 0 Å². The van der Waals surface area contributed by atoms with E-state index < -0.39 is 0 Å². The highest BCUT2D eigenvalue weighted by Gasteiger charge is 2.21. The first-order chi connectivity index (χ1) is 8.29. The second-order valence-electron chi connectivity index (χ2n) is 5.13. The molecule has 1 aliphatic carbocycles. The Morgan fingerprint density at radius 1 is 1.35 bits per heavy atom. The van der Waals surface area contributed by atoms with Crippen molar-refractivity contribution in [1.29, 1.82) is 0 Å². The molecule has 0 amide bonds. The summed E-state index contributed by atoms with van der Waals surface area (Å²) in [6.45, 7) is 3.89. The van der Waals surface area contributed by atoms with Crippen LogP contribution in [0.1, 0.15) is 24.0 Å². The van der Waals surface area contributed by atoms with E-state index in [-0.39, 0.29) is 0 Å². The molecule has 1 aliphatic rings. The van der Waals surface area contributed by atoms with Crippen LogP contribution in [0.2, 0.25) is 0 Å². The first kappa shape index (κ1) is 12.9. The summed E-state index contributed by atoms with van der Waals surface area (Å²) in [5.41, 5.74) is 2.75. The van der Waals surface area contributed by atoms with Crippen LogP contribution in [-0.2, 0) is 11.2 Å². The van der Waals surface area contributed by atoms with Gasteiger partial charge in [0, 0.05) is 12.5 Å². The predicted octanol–water partition coefficient (Wildman–Crippen LogP) is 3.82. The fourth-order valence-electron chi connectivity index (χ4n) is 1.99. The van der Waals surface area contributed by atoms with Crippen LogP contribution in [0.4, 0.5) is 0 Å². The summed E-state index contributed by atoms with van der Waals surface area (Å²) in [5, 5.41) is 0. The van der Waals surface area contributed by atoms with Gasteiger partial charge in [0.1, 0.15) is 0 Å². The predicted molar refractivity (Wildman–Crippen MR) is 72.6 cm³/mol. The van der Waals surface area contributed by atoms with Crippen LogP contribution >= 0.6 is 11.6 Å². The Hall–Kier alpha value is -0.530. The third-order valence-corrected chi connectivity index (χ3v) is 3.83. The summed E-state index contributed by atoms with van der Waals surface area (Å²) < 4.78 is 5.74. The number of rotatable bonds is 7. The summed E-state index contributed by atoms with van der Waals surface area (Å²) in [7, 11) is 0. The van der Waals surface area contributed by atoms with Crippen LogP contribution in [0.15, 0.2) is 24.3 Å². The third kappa shape index (κ3) is 4.33. The zero-order valence-electron chi connectivity index (χ0n) is 10.5. The molecule has 0 radical (unpaired) electrons. The van der Waals surface area contributed by atoms with Crippen LogP contribution in [0, 0.1) is 18.8 Å². The Morgan fingerprint density at radius 2 is 2.12 bits per heavy atom. The van der Waals surface area contributed by atoms with E-state index >= 15 is 0 Å². The standard InChI is InChI=1S/C15H21ClO/c1-12-4-2-3-5-15(12)8-14(9-16)11-17-10-13-6-7-13/h2-5,13-14H,6-11H2,1H3. The average Bonchev–Trinajstić information content (AvgIpc) is 3.14. The summed E-state index contributed by atoms with van der Waals surface area (Å²) >= 11 is 6.02. The van der Waals surface area contributed by atoms with Crippen molar-refractivity contribution in [3.8, 4) is 0 Å². The van der Waals surface area contributed by atoms with Crippen molar-refractivity contribution in [2.45, 2.75) is 26.2 Å². The van der Waals surface area contributed by atoms with Crippen molar-refractivity contribution >= 4 is 11.6 Å². The quantitative estimate of drug-likeness (QED) is 0.671. The molecule has 1 unspecified atom stereocenters. The monoisotopic (exact) mass is 252 g/mol. The molecule has 0 spiro atoms. The molecule has 1 atom stereocenters. The van der Waals surface area contributed by atoms with E-state index in [1.54, 1.807) is 0 Å². The zero-order valence-corrected chi connectivity index (χ0v) is 11.2. The normalized spacial score (nSPS) is 17.1. The molecule has 0 aliphatic heterocycles. The van der Waals surface area contributed by atoms with Gasteiger partial charge in [0.05, 0.1) is 6.61 Å². The number of ether oxygens (including phenoxy) is 1. The molecule has 1 saturated carbocycles. The van der Waals surface area contributed by atoms with E-state index in [0.717, 1.165) is 25.6 Å². The second-order valence-corrected chi connectivity index (χ2v) is 5.44. The minimum absolute atomic E-state index is 0.441. The molecule has 94 valence electrons. The summed E-state index contributed by atoms with van der Waals surface area (Å²) in [6.07, 6.45) is 3.73. The van der Waals surface area contributed by atoms with E-state index in [2.05, 4.69) is 31.2 Å². The van der Waals surface area contributed by atoms with Crippen molar-refractivity contribution in [3.05, 3.63) is 35.4 Å². The van der Waals surface area contributed by atoms with Gasteiger partial charge < -0.3 is 4.74 Å². The molecule has 0 N–H and O–H groups in total. The summed E-state index contributed by atoms with van der Waals surface area (Å²) in [6, 6.07) is 8.53. The maximum atomic E-state index is 6.02. The fourth-order valence-corrected chi connectivity index (χ4v) is 2.19. The highest BCUT2D eigenvalue weighted by Crippen LogP contribution is 2.29. The number of hydrogen-bond donors (Lipinski definition) is 0. The third-order valence-electron chi connectivity index (χ3n) is 3.39. The van der Waals surface area contributed by atoms with E-state index in [9.17, 15) is 0 Å². The number of halogens is 1. The molecule has 1 nitrogen and oxygen atoms in total. The molecule has 1 aromatic carbocycles. The fraction of sp³-hybridized carbons (Fsp3) is 0.600. The Bertz CT molecular complexity index is 347. The van der Waals surface area contributed by atoms with E-state index in [1.165, 1.54) is 24.0 Å². The van der Waals surface area contributed by atoms with Crippen molar-refractivity contribution in [2.24, 2.45) is 11.8 Å². The van der Waals surface area contributed by atoms with Gasteiger partial charge in [-0.15, -0.1) is 11.6 Å². The molecule has 0 saturated heterocycles. The van der Waals surface area contributed by atoms with Gasteiger partial charge in [-0.05, 0) is 49.1 Å². The van der Waals surface area contributed by atoms with Crippen molar-refractivity contribution in [2.75, 3.05) is 19.1 Å². The molecular formula is C15H21ClO. The van der Waals surface area contributed by atoms with Gasteiger partial charge in [0.25, 0.3) is 0 Å². The second kappa shape index (κ2) is 6.42. The highest BCUT2D eigenvalue weighted by molar-refractivity contribution is 6.18. The van der Waals surface area contributed by atoms with Gasteiger partial charge in [0.2, 0.25) is 0 Å². The van der Waals surface area contributed by atoms with Crippen molar-refractivity contribution in [3.63, 3.8) is 0 Å². The minimum atomic E-state index is 0.441. The largest absolute Gasteiger partial charge is 0.381 e. The molecule has 2 heteroatoms. The minimum Gasteiger partial charge on any atom is -0.381 e. The van der Waals surface area contributed by atoms with E-state index in [0.29, 0.717) is 11.8 Å². The van der Waals surface area contributed by atoms with E-state index in [1.807, 2.05) is 0 Å². The van der Waals surface area contributed by atoms with E-state index in [4.69, 9.17) is 16.3 Å². The van der Waals surface area contributed by atoms with Gasteiger partial charge in [0.15, 0.2) is 0 Å². The lowest BCUT2D eigenvalue weighted by molar-refractivity contribution is 0.0972. The molecule has 0 bridgehead atoms. The highest BCUT2D eigenvalue weighted by atomic mass is 35.5. The number of aryl methyl sites for hydroxylation is 1. The lowest BCUT2D eigenvalue weighted by Gasteiger charge is -2.15. The Balaban J connectivity index is 1.79. The van der Waals surface area contributed by atoms with Crippen LogP contribution in [0.3, 0.4) is 0 Å². The van der Waals surface area contributed by atoms with Crippen molar-refractivity contribution < 1.29 is 4.74 Å². The molecular weight excluding hydrogens is 232 g/mol. The molecule has 1 aromatic rings. The zero-order chi connectivity index (χ0) is 12.1. The number of alkyl halides is 1. The molecule has 0 heterocycles.